The minimum Gasteiger partial charge on any atom is -0.481 e. The molecule has 2 amide bonds. The van der Waals surface area contributed by atoms with Crippen LogP contribution >= 0.6 is 0 Å². The number of carboxylic acid groups (broad SMARTS) is 1. The van der Waals surface area contributed by atoms with Gasteiger partial charge in [0.2, 0.25) is 0 Å². The number of rotatable bonds is 5. The summed E-state index contributed by atoms with van der Waals surface area (Å²) in [7, 11) is 1.75. The number of hydrogen-bond donors (Lipinski definition) is 1. The molecule has 6 heteroatoms. The summed E-state index contributed by atoms with van der Waals surface area (Å²) in [6.07, 6.45) is 4.10. The largest absolute Gasteiger partial charge is 0.481 e. The Labute approximate surface area is 124 Å². The molecule has 1 saturated heterocycles. The standard InChI is InChI=1S/C15H21N3O3/c1-17(10-7-12-5-2-3-8-16-12)15(21)18-9-4-6-13(18)11-14(19)20/h2-3,5,8,13H,4,6-7,9-11H2,1H3,(H,19,20). The van der Waals surface area contributed by atoms with Gasteiger partial charge in [-0.05, 0) is 25.0 Å². The van der Waals surface area contributed by atoms with E-state index in [-0.39, 0.29) is 18.5 Å². The van der Waals surface area contributed by atoms with E-state index in [0.29, 0.717) is 19.5 Å². The Bertz CT molecular complexity index is 492. The second kappa shape index (κ2) is 7.06. The van der Waals surface area contributed by atoms with Gasteiger partial charge in [0.05, 0.1) is 6.42 Å². The summed E-state index contributed by atoms with van der Waals surface area (Å²) in [6, 6.07) is 5.45. The molecule has 6 nitrogen and oxygen atoms in total. The fourth-order valence-electron chi connectivity index (χ4n) is 2.64. The SMILES string of the molecule is CN(CCc1ccccn1)C(=O)N1CCCC1CC(=O)O. The van der Waals surface area contributed by atoms with Crippen molar-refractivity contribution in [3.8, 4) is 0 Å². The zero-order valence-electron chi connectivity index (χ0n) is 12.2. The monoisotopic (exact) mass is 291 g/mol. The molecule has 1 aromatic heterocycles. The van der Waals surface area contributed by atoms with Crippen molar-refractivity contribution < 1.29 is 14.7 Å². The van der Waals surface area contributed by atoms with E-state index in [2.05, 4.69) is 4.98 Å². The first-order valence-electron chi connectivity index (χ1n) is 7.21. The van der Waals surface area contributed by atoms with E-state index >= 15 is 0 Å². The zero-order valence-corrected chi connectivity index (χ0v) is 12.2. The summed E-state index contributed by atoms with van der Waals surface area (Å²) < 4.78 is 0. The number of nitrogens with zero attached hydrogens (tertiary/aromatic N) is 3. The Kier molecular flexibility index (Phi) is 5.14. The second-order valence-electron chi connectivity index (χ2n) is 5.36. The van der Waals surface area contributed by atoms with Crippen LogP contribution in [0.15, 0.2) is 24.4 Å². The highest BCUT2D eigenvalue weighted by molar-refractivity contribution is 5.76. The van der Waals surface area contributed by atoms with E-state index in [4.69, 9.17) is 5.11 Å². The van der Waals surface area contributed by atoms with Gasteiger partial charge >= 0.3 is 12.0 Å². The molecule has 2 rings (SSSR count). The van der Waals surface area contributed by atoms with Gasteiger partial charge in [-0.1, -0.05) is 6.07 Å². The molecule has 0 bridgehead atoms. The Balaban J connectivity index is 1.88. The smallest absolute Gasteiger partial charge is 0.320 e. The highest BCUT2D eigenvalue weighted by atomic mass is 16.4. The van der Waals surface area contributed by atoms with Crippen molar-refractivity contribution in [1.29, 1.82) is 0 Å². The molecule has 0 saturated carbocycles. The first-order valence-corrected chi connectivity index (χ1v) is 7.21. The molecule has 114 valence electrons. The Morgan fingerprint density at radius 2 is 2.29 bits per heavy atom. The molecular weight excluding hydrogens is 270 g/mol. The van der Waals surface area contributed by atoms with Crippen LogP contribution in [0.5, 0.6) is 0 Å². The summed E-state index contributed by atoms with van der Waals surface area (Å²) in [4.78, 5) is 30.8. The topological polar surface area (TPSA) is 73.7 Å². The Morgan fingerprint density at radius 1 is 1.48 bits per heavy atom. The summed E-state index contributed by atoms with van der Waals surface area (Å²) >= 11 is 0. The number of urea groups is 1. The first-order chi connectivity index (χ1) is 10.1. The average molecular weight is 291 g/mol. The lowest BCUT2D eigenvalue weighted by atomic mass is 10.1. The lowest BCUT2D eigenvalue weighted by Gasteiger charge is -2.29. The molecule has 1 fully saturated rings. The van der Waals surface area contributed by atoms with Gasteiger partial charge in [0.15, 0.2) is 0 Å². The van der Waals surface area contributed by atoms with Gasteiger partial charge in [-0.3, -0.25) is 9.78 Å². The minimum atomic E-state index is -0.851. The van der Waals surface area contributed by atoms with Crippen LogP contribution in [0.1, 0.15) is 25.0 Å². The van der Waals surface area contributed by atoms with E-state index in [1.54, 1.807) is 23.0 Å². The minimum absolute atomic E-state index is 0.0276. The quantitative estimate of drug-likeness (QED) is 0.894. The van der Waals surface area contributed by atoms with Gasteiger partial charge < -0.3 is 14.9 Å². The molecular formula is C15H21N3O3. The number of aromatic nitrogens is 1. The fourth-order valence-corrected chi connectivity index (χ4v) is 2.64. The third-order valence-corrected chi connectivity index (χ3v) is 3.79. The van der Waals surface area contributed by atoms with Crippen molar-refractivity contribution in [3.63, 3.8) is 0 Å². The van der Waals surface area contributed by atoms with Crippen molar-refractivity contribution in [2.24, 2.45) is 0 Å². The number of likely N-dealkylation sites (tertiary alicyclic amines) is 1. The summed E-state index contributed by atoms with van der Waals surface area (Å²) in [5.41, 5.74) is 0.945. The number of pyridine rings is 1. The number of hydrogen-bond acceptors (Lipinski definition) is 3. The van der Waals surface area contributed by atoms with Crippen molar-refractivity contribution >= 4 is 12.0 Å². The molecule has 1 atom stereocenters. The van der Waals surface area contributed by atoms with E-state index in [1.165, 1.54) is 0 Å². The van der Waals surface area contributed by atoms with Crippen LogP contribution in [-0.4, -0.2) is 58.1 Å². The molecule has 1 N–H and O–H groups in total. The van der Waals surface area contributed by atoms with Crippen molar-refractivity contribution in [2.75, 3.05) is 20.1 Å². The molecule has 0 radical (unpaired) electrons. The fraction of sp³-hybridized carbons (Fsp3) is 0.533. The number of amides is 2. The molecule has 0 aromatic carbocycles. The zero-order chi connectivity index (χ0) is 15.2. The normalized spacial score (nSPS) is 17.8. The molecule has 1 aliphatic heterocycles. The van der Waals surface area contributed by atoms with Gasteiger partial charge in [0.25, 0.3) is 0 Å². The number of likely N-dealkylation sites (N-methyl/N-ethyl adjacent to an activating group) is 1. The Morgan fingerprint density at radius 3 is 2.95 bits per heavy atom. The maximum Gasteiger partial charge on any atom is 0.320 e. The van der Waals surface area contributed by atoms with Crippen LogP contribution in [0.2, 0.25) is 0 Å². The summed E-state index contributed by atoms with van der Waals surface area (Å²) in [5, 5.41) is 8.90. The molecule has 0 aliphatic carbocycles. The summed E-state index contributed by atoms with van der Waals surface area (Å²) in [6.45, 7) is 1.22. The van der Waals surface area contributed by atoms with E-state index in [9.17, 15) is 9.59 Å². The van der Waals surface area contributed by atoms with Crippen LogP contribution < -0.4 is 0 Å². The lowest BCUT2D eigenvalue weighted by Crippen LogP contribution is -2.45. The van der Waals surface area contributed by atoms with Crippen LogP contribution in [0.25, 0.3) is 0 Å². The van der Waals surface area contributed by atoms with Crippen molar-refractivity contribution in [3.05, 3.63) is 30.1 Å². The second-order valence-corrected chi connectivity index (χ2v) is 5.36. The third kappa shape index (κ3) is 4.18. The first kappa shape index (κ1) is 15.3. The van der Waals surface area contributed by atoms with Crippen molar-refractivity contribution in [2.45, 2.75) is 31.7 Å². The molecule has 0 spiro atoms. The van der Waals surface area contributed by atoms with Crippen LogP contribution in [0.4, 0.5) is 4.79 Å². The number of carboxylic acids is 1. The predicted molar refractivity (Wildman–Crippen MR) is 77.9 cm³/mol. The number of carbonyl (C=O) groups excluding carboxylic acids is 1. The van der Waals surface area contributed by atoms with Crippen LogP contribution in [-0.2, 0) is 11.2 Å². The lowest BCUT2D eigenvalue weighted by molar-refractivity contribution is -0.138. The van der Waals surface area contributed by atoms with Gasteiger partial charge in [-0.15, -0.1) is 0 Å². The maximum absolute atomic E-state index is 12.4. The van der Waals surface area contributed by atoms with Gasteiger partial charge in [-0.25, -0.2) is 4.79 Å². The molecule has 2 heterocycles. The molecule has 1 aliphatic rings. The molecule has 1 aromatic rings. The molecule has 21 heavy (non-hydrogen) atoms. The third-order valence-electron chi connectivity index (χ3n) is 3.79. The van der Waals surface area contributed by atoms with Gasteiger partial charge in [0, 0.05) is 44.5 Å². The average Bonchev–Trinajstić information content (AvgIpc) is 2.92. The van der Waals surface area contributed by atoms with E-state index in [0.717, 1.165) is 18.5 Å². The van der Waals surface area contributed by atoms with Gasteiger partial charge in [-0.2, -0.15) is 0 Å². The van der Waals surface area contributed by atoms with Crippen molar-refractivity contribution in [1.82, 2.24) is 14.8 Å². The van der Waals surface area contributed by atoms with Gasteiger partial charge in [0.1, 0.15) is 0 Å². The number of carbonyl (C=O) groups is 2. The van der Waals surface area contributed by atoms with Crippen LogP contribution in [0.3, 0.4) is 0 Å². The Hall–Kier alpha value is -2.11. The van der Waals surface area contributed by atoms with E-state index < -0.39 is 5.97 Å². The number of aliphatic carboxylic acids is 1. The summed E-state index contributed by atoms with van der Waals surface area (Å²) in [5.74, 6) is -0.851. The van der Waals surface area contributed by atoms with E-state index in [1.807, 2.05) is 18.2 Å². The highest BCUT2D eigenvalue weighted by Gasteiger charge is 2.31. The molecule has 1 unspecified atom stereocenters. The maximum atomic E-state index is 12.4. The van der Waals surface area contributed by atoms with Crippen LogP contribution in [0, 0.1) is 0 Å². The highest BCUT2D eigenvalue weighted by Crippen LogP contribution is 2.21. The predicted octanol–water partition coefficient (Wildman–Crippen LogP) is 1.62.